The number of ether oxygens (including phenoxy) is 1. The Morgan fingerprint density at radius 1 is 1.31 bits per heavy atom. The van der Waals surface area contributed by atoms with Gasteiger partial charge in [-0.25, -0.2) is 13.8 Å². The Bertz CT molecular complexity index is 1080. The molecule has 1 aromatic carbocycles. The van der Waals surface area contributed by atoms with Gasteiger partial charge in [0.2, 0.25) is 11.8 Å². The molecule has 0 saturated carbocycles. The molecular weight excluding hydrogens is 418 g/mol. The van der Waals surface area contributed by atoms with E-state index in [1.165, 1.54) is 6.07 Å². The van der Waals surface area contributed by atoms with E-state index in [9.17, 15) is 13.6 Å². The third-order valence-electron chi connectivity index (χ3n) is 5.63. The average molecular weight is 444 g/mol. The lowest BCUT2D eigenvalue weighted by molar-refractivity contribution is -0.136. The summed E-state index contributed by atoms with van der Waals surface area (Å²) in [6.45, 7) is 1.93. The van der Waals surface area contributed by atoms with Crippen LogP contribution in [0.4, 0.5) is 8.78 Å². The molecule has 3 aromatic rings. The second-order valence-electron chi connectivity index (χ2n) is 7.96. The SMILES string of the molecule is COc1cccc(Cc2cnc([C@H]3CCCCN3C(=O)Cn3nc(C)cc3C(F)F)o2)c1. The van der Waals surface area contributed by atoms with Crippen molar-refractivity contribution in [2.45, 2.75) is 51.6 Å². The molecule has 0 bridgehead atoms. The van der Waals surface area contributed by atoms with Crippen LogP contribution in [-0.4, -0.2) is 39.2 Å². The van der Waals surface area contributed by atoms with Gasteiger partial charge in [0.1, 0.15) is 29.8 Å². The summed E-state index contributed by atoms with van der Waals surface area (Å²) in [5, 5.41) is 4.07. The summed E-state index contributed by atoms with van der Waals surface area (Å²) in [5.74, 6) is 1.66. The molecule has 32 heavy (non-hydrogen) atoms. The van der Waals surface area contributed by atoms with Gasteiger partial charge >= 0.3 is 0 Å². The van der Waals surface area contributed by atoms with Gasteiger partial charge in [0, 0.05) is 13.0 Å². The number of amides is 1. The van der Waals surface area contributed by atoms with E-state index in [-0.39, 0.29) is 24.2 Å². The van der Waals surface area contributed by atoms with Crippen molar-refractivity contribution in [1.29, 1.82) is 0 Å². The van der Waals surface area contributed by atoms with Crippen molar-refractivity contribution >= 4 is 5.91 Å². The van der Waals surface area contributed by atoms with Crippen molar-refractivity contribution in [2.24, 2.45) is 0 Å². The normalized spacial score (nSPS) is 16.5. The van der Waals surface area contributed by atoms with E-state index in [0.29, 0.717) is 36.7 Å². The number of methoxy groups -OCH3 is 1. The Hall–Kier alpha value is -3.23. The molecular formula is C23H26F2N4O3. The zero-order chi connectivity index (χ0) is 22.7. The summed E-state index contributed by atoms with van der Waals surface area (Å²) in [6.07, 6.45) is 2.04. The van der Waals surface area contributed by atoms with Crippen molar-refractivity contribution in [3.8, 4) is 5.75 Å². The van der Waals surface area contributed by atoms with Crippen molar-refractivity contribution in [1.82, 2.24) is 19.7 Å². The van der Waals surface area contributed by atoms with Gasteiger partial charge in [0.25, 0.3) is 6.43 Å². The number of likely N-dealkylation sites (tertiary alicyclic amines) is 1. The van der Waals surface area contributed by atoms with Crippen LogP contribution in [0.3, 0.4) is 0 Å². The Labute approximate surface area is 185 Å². The molecule has 0 N–H and O–H groups in total. The maximum atomic E-state index is 13.3. The predicted molar refractivity (Wildman–Crippen MR) is 113 cm³/mol. The number of carbonyl (C=O) groups excluding carboxylic acids is 1. The van der Waals surface area contributed by atoms with Gasteiger partial charge in [0.15, 0.2) is 0 Å². The minimum atomic E-state index is -2.69. The Kier molecular flexibility index (Phi) is 6.53. The molecule has 1 saturated heterocycles. The molecule has 7 nitrogen and oxygen atoms in total. The van der Waals surface area contributed by atoms with Crippen LogP contribution in [0.15, 0.2) is 40.9 Å². The molecule has 1 aliphatic heterocycles. The van der Waals surface area contributed by atoms with Crippen LogP contribution in [0.25, 0.3) is 0 Å². The minimum absolute atomic E-state index is 0.235. The first-order valence-electron chi connectivity index (χ1n) is 10.6. The molecule has 1 amide bonds. The van der Waals surface area contributed by atoms with Gasteiger partial charge in [-0.1, -0.05) is 12.1 Å². The van der Waals surface area contributed by atoms with Gasteiger partial charge in [-0.15, -0.1) is 0 Å². The number of aryl methyl sites for hydroxylation is 1. The molecule has 0 radical (unpaired) electrons. The van der Waals surface area contributed by atoms with Crippen molar-refractivity contribution < 1.29 is 22.7 Å². The number of hydrogen-bond donors (Lipinski definition) is 0. The maximum Gasteiger partial charge on any atom is 0.280 e. The Morgan fingerprint density at radius 3 is 2.94 bits per heavy atom. The standard InChI is InChI=1S/C23H26F2N4O3/c1-15-10-20(22(24)25)29(27-15)14-21(30)28-9-4-3-8-19(28)23-26-13-18(32-23)12-16-6-5-7-17(11-16)31-2/h5-7,10-11,13,19,22H,3-4,8-9,12,14H2,1-2H3/t19-/m1/s1. The van der Waals surface area contributed by atoms with Crippen LogP contribution in [0.1, 0.15) is 60.3 Å². The third kappa shape index (κ3) is 4.81. The lowest BCUT2D eigenvalue weighted by atomic mass is 10.0. The molecule has 1 aliphatic rings. The summed E-state index contributed by atoms with van der Waals surface area (Å²) in [6, 6.07) is 8.70. The number of carbonyl (C=O) groups is 1. The highest BCUT2D eigenvalue weighted by atomic mass is 19.3. The van der Waals surface area contributed by atoms with E-state index in [1.54, 1.807) is 25.1 Å². The van der Waals surface area contributed by atoms with Gasteiger partial charge < -0.3 is 14.1 Å². The molecule has 2 aromatic heterocycles. The molecule has 170 valence electrons. The van der Waals surface area contributed by atoms with Gasteiger partial charge in [-0.2, -0.15) is 5.10 Å². The number of alkyl halides is 2. The highest BCUT2D eigenvalue weighted by Gasteiger charge is 2.32. The Morgan fingerprint density at radius 2 is 2.16 bits per heavy atom. The molecule has 4 rings (SSSR count). The van der Waals surface area contributed by atoms with E-state index in [2.05, 4.69) is 10.1 Å². The lowest BCUT2D eigenvalue weighted by Gasteiger charge is -2.34. The summed E-state index contributed by atoms with van der Waals surface area (Å²) >= 11 is 0. The number of nitrogens with zero attached hydrogens (tertiary/aromatic N) is 4. The molecule has 3 heterocycles. The highest BCUT2D eigenvalue weighted by molar-refractivity contribution is 5.76. The fourth-order valence-corrected chi connectivity index (χ4v) is 4.12. The maximum absolute atomic E-state index is 13.3. The topological polar surface area (TPSA) is 73.4 Å². The average Bonchev–Trinajstić information content (AvgIpc) is 3.40. The first kappa shape index (κ1) is 22.0. The van der Waals surface area contributed by atoms with Crippen molar-refractivity contribution in [2.75, 3.05) is 13.7 Å². The van der Waals surface area contributed by atoms with Crippen LogP contribution >= 0.6 is 0 Å². The largest absolute Gasteiger partial charge is 0.497 e. The second-order valence-corrected chi connectivity index (χ2v) is 7.96. The van der Waals surface area contributed by atoms with Crippen LogP contribution in [0.5, 0.6) is 5.75 Å². The number of aromatic nitrogens is 3. The van der Waals surface area contributed by atoms with Crippen LogP contribution in [-0.2, 0) is 17.8 Å². The third-order valence-corrected chi connectivity index (χ3v) is 5.63. The quantitative estimate of drug-likeness (QED) is 0.538. The molecule has 1 fully saturated rings. The van der Waals surface area contributed by atoms with Crippen LogP contribution in [0, 0.1) is 6.92 Å². The number of oxazole rings is 1. The van der Waals surface area contributed by atoms with Crippen molar-refractivity contribution in [3.05, 3.63) is 65.1 Å². The molecule has 9 heteroatoms. The Balaban J connectivity index is 1.49. The van der Waals surface area contributed by atoms with Crippen molar-refractivity contribution in [3.63, 3.8) is 0 Å². The summed E-state index contributed by atoms with van der Waals surface area (Å²) < 4.78 is 38.9. The molecule has 1 atom stereocenters. The fourth-order valence-electron chi connectivity index (χ4n) is 4.12. The monoisotopic (exact) mass is 444 g/mol. The first-order valence-corrected chi connectivity index (χ1v) is 10.6. The highest BCUT2D eigenvalue weighted by Crippen LogP contribution is 2.32. The number of halogens is 2. The summed E-state index contributed by atoms with van der Waals surface area (Å²) in [5.41, 5.74) is 1.23. The molecule has 0 unspecified atom stereocenters. The summed E-state index contributed by atoms with van der Waals surface area (Å²) in [4.78, 5) is 19.2. The van der Waals surface area contributed by atoms with Gasteiger partial charge in [-0.3, -0.25) is 9.48 Å². The van der Waals surface area contributed by atoms with Gasteiger partial charge in [-0.05, 0) is 49.9 Å². The number of benzene rings is 1. The number of rotatable bonds is 7. The fraction of sp³-hybridized carbons (Fsp3) is 0.435. The zero-order valence-electron chi connectivity index (χ0n) is 18.1. The second kappa shape index (κ2) is 9.50. The number of piperidine rings is 1. The summed E-state index contributed by atoms with van der Waals surface area (Å²) in [7, 11) is 1.62. The van der Waals surface area contributed by atoms with E-state index in [4.69, 9.17) is 9.15 Å². The van der Waals surface area contributed by atoms with E-state index in [1.807, 2.05) is 24.3 Å². The van der Waals surface area contributed by atoms with E-state index in [0.717, 1.165) is 28.8 Å². The molecule has 0 spiro atoms. The van der Waals surface area contributed by atoms with Gasteiger partial charge in [0.05, 0.1) is 19.0 Å². The smallest absolute Gasteiger partial charge is 0.280 e. The van der Waals surface area contributed by atoms with Crippen LogP contribution in [0.2, 0.25) is 0 Å². The number of hydrogen-bond acceptors (Lipinski definition) is 5. The lowest BCUT2D eigenvalue weighted by Crippen LogP contribution is -2.40. The predicted octanol–water partition coefficient (Wildman–Crippen LogP) is 4.47. The van der Waals surface area contributed by atoms with Crippen LogP contribution < -0.4 is 4.74 Å². The van der Waals surface area contributed by atoms with E-state index >= 15 is 0 Å². The first-order chi connectivity index (χ1) is 15.4. The zero-order valence-corrected chi connectivity index (χ0v) is 18.1. The van der Waals surface area contributed by atoms with E-state index < -0.39 is 6.43 Å². The minimum Gasteiger partial charge on any atom is -0.497 e. The molecule has 0 aliphatic carbocycles.